The fourth-order valence-corrected chi connectivity index (χ4v) is 2.97. The monoisotopic (exact) mass is 235 g/mol. The molecule has 1 heterocycles. The zero-order chi connectivity index (χ0) is 12.3. The van der Waals surface area contributed by atoms with Gasteiger partial charge in [0.15, 0.2) is 0 Å². The molecule has 0 bridgehead atoms. The van der Waals surface area contributed by atoms with Gasteiger partial charge in [0.2, 0.25) is 0 Å². The van der Waals surface area contributed by atoms with E-state index in [9.17, 15) is 0 Å². The smallest absolute Gasteiger partial charge is 0.0536 e. The SMILES string of the molecule is Cc1cnn(CCN(C)[C@@H]2CCCC[C@@H]2C)c1. The molecule has 0 aromatic carbocycles. The molecule has 1 aliphatic carbocycles. The van der Waals surface area contributed by atoms with Gasteiger partial charge >= 0.3 is 0 Å². The van der Waals surface area contributed by atoms with Crippen LogP contribution < -0.4 is 0 Å². The van der Waals surface area contributed by atoms with Crippen LogP contribution in [0.5, 0.6) is 0 Å². The van der Waals surface area contributed by atoms with Gasteiger partial charge in [0.25, 0.3) is 0 Å². The van der Waals surface area contributed by atoms with E-state index < -0.39 is 0 Å². The van der Waals surface area contributed by atoms with Crippen molar-refractivity contribution >= 4 is 0 Å². The normalized spacial score (nSPS) is 25.4. The van der Waals surface area contributed by atoms with Gasteiger partial charge in [-0.2, -0.15) is 5.10 Å². The molecule has 0 N–H and O–H groups in total. The lowest BCUT2D eigenvalue weighted by Gasteiger charge is -2.36. The number of aromatic nitrogens is 2. The highest BCUT2D eigenvalue weighted by atomic mass is 15.3. The second-order valence-corrected chi connectivity index (χ2v) is 5.59. The Kier molecular flexibility index (Phi) is 4.21. The zero-order valence-electron chi connectivity index (χ0n) is 11.4. The predicted octanol–water partition coefficient (Wildman–Crippen LogP) is 2.70. The van der Waals surface area contributed by atoms with Gasteiger partial charge in [-0.15, -0.1) is 0 Å². The molecule has 0 amide bonds. The molecule has 3 heteroatoms. The molecular weight excluding hydrogens is 210 g/mol. The first-order valence-corrected chi connectivity index (χ1v) is 6.86. The molecule has 1 aliphatic rings. The van der Waals surface area contributed by atoms with E-state index >= 15 is 0 Å². The molecule has 2 atom stereocenters. The number of hydrogen-bond donors (Lipinski definition) is 0. The van der Waals surface area contributed by atoms with Gasteiger partial charge in [-0.25, -0.2) is 0 Å². The van der Waals surface area contributed by atoms with E-state index in [0.717, 1.165) is 25.0 Å². The van der Waals surface area contributed by atoms with Crippen molar-refractivity contribution < 1.29 is 0 Å². The first-order valence-electron chi connectivity index (χ1n) is 6.86. The Morgan fingerprint density at radius 3 is 2.82 bits per heavy atom. The lowest BCUT2D eigenvalue weighted by Crippen LogP contribution is -2.40. The topological polar surface area (TPSA) is 21.1 Å². The van der Waals surface area contributed by atoms with Crippen LogP contribution in [0.15, 0.2) is 12.4 Å². The maximum Gasteiger partial charge on any atom is 0.0536 e. The summed E-state index contributed by atoms with van der Waals surface area (Å²) in [5.41, 5.74) is 1.25. The summed E-state index contributed by atoms with van der Waals surface area (Å²) in [6.45, 7) is 6.61. The maximum atomic E-state index is 4.34. The molecule has 0 radical (unpaired) electrons. The van der Waals surface area contributed by atoms with Crippen LogP contribution in [0.4, 0.5) is 0 Å². The van der Waals surface area contributed by atoms with Crippen molar-refractivity contribution in [2.45, 2.75) is 52.1 Å². The van der Waals surface area contributed by atoms with E-state index in [-0.39, 0.29) is 0 Å². The third-order valence-corrected chi connectivity index (χ3v) is 4.08. The predicted molar refractivity (Wildman–Crippen MR) is 71.0 cm³/mol. The Morgan fingerprint density at radius 2 is 2.18 bits per heavy atom. The highest BCUT2D eigenvalue weighted by molar-refractivity contribution is 4.99. The summed E-state index contributed by atoms with van der Waals surface area (Å²) in [5.74, 6) is 0.855. The van der Waals surface area contributed by atoms with Gasteiger partial charge in [0.1, 0.15) is 0 Å². The Labute approximate surface area is 105 Å². The fourth-order valence-electron chi connectivity index (χ4n) is 2.97. The summed E-state index contributed by atoms with van der Waals surface area (Å²) in [4.78, 5) is 2.53. The average molecular weight is 235 g/mol. The van der Waals surface area contributed by atoms with Crippen molar-refractivity contribution in [2.24, 2.45) is 5.92 Å². The first kappa shape index (κ1) is 12.6. The van der Waals surface area contributed by atoms with Crippen molar-refractivity contribution in [1.29, 1.82) is 0 Å². The minimum Gasteiger partial charge on any atom is -0.301 e. The summed E-state index contributed by atoms with van der Waals surface area (Å²) in [5, 5.41) is 4.34. The zero-order valence-corrected chi connectivity index (χ0v) is 11.4. The molecule has 96 valence electrons. The number of aryl methyl sites for hydroxylation is 1. The molecule has 0 aliphatic heterocycles. The number of nitrogens with zero attached hydrogens (tertiary/aromatic N) is 3. The molecule has 0 saturated heterocycles. The summed E-state index contributed by atoms with van der Waals surface area (Å²) < 4.78 is 2.05. The summed E-state index contributed by atoms with van der Waals surface area (Å²) in [6.07, 6.45) is 9.65. The van der Waals surface area contributed by atoms with E-state index in [4.69, 9.17) is 0 Å². The van der Waals surface area contributed by atoms with Gasteiger partial charge in [0, 0.05) is 18.8 Å². The van der Waals surface area contributed by atoms with Gasteiger partial charge < -0.3 is 4.90 Å². The lowest BCUT2D eigenvalue weighted by molar-refractivity contribution is 0.134. The first-order chi connectivity index (χ1) is 8.16. The van der Waals surface area contributed by atoms with E-state index in [2.05, 4.69) is 41.8 Å². The Balaban J connectivity index is 1.82. The Bertz CT molecular complexity index is 345. The quantitative estimate of drug-likeness (QED) is 0.800. The van der Waals surface area contributed by atoms with Gasteiger partial charge in [-0.1, -0.05) is 19.8 Å². The molecule has 0 unspecified atom stereocenters. The molecule has 17 heavy (non-hydrogen) atoms. The average Bonchev–Trinajstić information content (AvgIpc) is 2.73. The van der Waals surface area contributed by atoms with E-state index in [1.807, 2.05) is 6.20 Å². The summed E-state index contributed by atoms with van der Waals surface area (Å²) >= 11 is 0. The molecule has 3 nitrogen and oxygen atoms in total. The minimum atomic E-state index is 0.778. The van der Waals surface area contributed by atoms with Crippen LogP contribution in [-0.4, -0.2) is 34.3 Å². The highest BCUT2D eigenvalue weighted by Gasteiger charge is 2.24. The maximum absolute atomic E-state index is 4.34. The van der Waals surface area contributed by atoms with Crippen LogP contribution >= 0.6 is 0 Å². The van der Waals surface area contributed by atoms with Crippen LogP contribution in [0.25, 0.3) is 0 Å². The molecule has 1 fully saturated rings. The highest BCUT2D eigenvalue weighted by Crippen LogP contribution is 2.27. The molecule has 1 aromatic rings. The third kappa shape index (κ3) is 3.32. The molecule has 1 aromatic heterocycles. The van der Waals surface area contributed by atoms with Gasteiger partial charge in [0.05, 0.1) is 12.7 Å². The van der Waals surface area contributed by atoms with Crippen molar-refractivity contribution in [3.63, 3.8) is 0 Å². The third-order valence-electron chi connectivity index (χ3n) is 4.08. The molecule has 2 rings (SSSR count). The van der Waals surface area contributed by atoms with E-state index in [1.54, 1.807) is 0 Å². The molecule has 1 saturated carbocycles. The summed E-state index contributed by atoms with van der Waals surface area (Å²) in [6, 6.07) is 0.778. The summed E-state index contributed by atoms with van der Waals surface area (Å²) in [7, 11) is 2.27. The number of rotatable bonds is 4. The van der Waals surface area contributed by atoms with Gasteiger partial charge in [-0.05, 0) is 38.3 Å². The van der Waals surface area contributed by atoms with Crippen molar-refractivity contribution in [3.8, 4) is 0 Å². The van der Waals surface area contributed by atoms with Crippen molar-refractivity contribution in [3.05, 3.63) is 18.0 Å². The lowest BCUT2D eigenvalue weighted by atomic mass is 9.85. The Morgan fingerprint density at radius 1 is 1.41 bits per heavy atom. The number of likely N-dealkylation sites (N-methyl/N-ethyl adjacent to an activating group) is 1. The second-order valence-electron chi connectivity index (χ2n) is 5.59. The van der Waals surface area contributed by atoms with Crippen molar-refractivity contribution in [1.82, 2.24) is 14.7 Å². The minimum absolute atomic E-state index is 0.778. The van der Waals surface area contributed by atoms with Crippen molar-refractivity contribution in [2.75, 3.05) is 13.6 Å². The Hall–Kier alpha value is -0.830. The second kappa shape index (κ2) is 5.67. The van der Waals surface area contributed by atoms with E-state index in [1.165, 1.54) is 31.2 Å². The molecule has 0 spiro atoms. The number of hydrogen-bond acceptors (Lipinski definition) is 2. The van der Waals surface area contributed by atoms with Crippen LogP contribution in [0, 0.1) is 12.8 Å². The van der Waals surface area contributed by atoms with Crippen LogP contribution in [0.3, 0.4) is 0 Å². The largest absolute Gasteiger partial charge is 0.301 e. The fraction of sp³-hybridized carbons (Fsp3) is 0.786. The van der Waals surface area contributed by atoms with Crippen LogP contribution in [0.1, 0.15) is 38.2 Å². The standard InChI is InChI=1S/C14H25N3/c1-12-10-15-17(11-12)9-8-16(3)14-7-5-4-6-13(14)2/h10-11,13-14H,4-9H2,1-3H3/t13-,14+/m0/s1. The van der Waals surface area contributed by atoms with Gasteiger partial charge in [-0.3, -0.25) is 4.68 Å². The molecular formula is C14H25N3. The van der Waals surface area contributed by atoms with Crippen LogP contribution in [0.2, 0.25) is 0 Å². The van der Waals surface area contributed by atoms with E-state index in [0.29, 0.717) is 0 Å². The van der Waals surface area contributed by atoms with Crippen LogP contribution in [-0.2, 0) is 6.54 Å².